The molecule has 112 valence electrons. The largest absolute Gasteiger partial charge is 0.295 e. The smallest absolute Gasteiger partial charge is 0.226 e. The molecule has 0 aliphatic carbocycles. The molecule has 0 N–H and O–H groups in total. The molecule has 3 nitrogen and oxygen atoms in total. The number of carbonyl (C=O) groups excluding carboxylic acids is 1. The van der Waals surface area contributed by atoms with Gasteiger partial charge in [-0.15, -0.1) is 0 Å². The Morgan fingerprint density at radius 1 is 1.00 bits per heavy atom. The molecule has 3 heteroatoms. The van der Waals surface area contributed by atoms with E-state index in [1.165, 1.54) is 22.5 Å². The zero-order valence-electron chi connectivity index (χ0n) is 13.0. The van der Waals surface area contributed by atoms with Crippen LogP contribution in [0.1, 0.15) is 24.0 Å². The number of amides is 1. The summed E-state index contributed by atoms with van der Waals surface area (Å²) in [4.78, 5) is 14.2. The minimum atomic E-state index is 0.292. The van der Waals surface area contributed by atoms with Crippen LogP contribution in [-0.4, -0.2) is 31.1 Å². The first-order valence-corrected chi connectivity index (χ1v) is 7.99. The van der Waals surface area contributed by atoms with Crippen LogP contribution in [0.15, 0.2) is 48.5 Å². The molecule has 0 saturated carbocycles. The molecule has 2 aromatic carbocycles. The second kappa shape index (κ2) is 4.96. The lowest BCUT2D eigenvalue weighted by molar-refractivity contribution is -0.128. The van der Waals surface area contributed by atoms with Crippen molar-refractivity contribution in [3.63, 3.8) is 0 Å². The van der Waals surface area contributed by atoms with Crippen LogP contribution in [0.5, 0.6) is 0 Å². The van der Waals surface area contributed by atoms with Gasteiger partial charge in [-0.3, -0.25) is 9.69 Å². The molecule has 2 aromatic rings. The van der Waals surface area contributed by atoms with Gasteiger partial charge in [-0.25, -0.2) is 4.48 Å². The highest BCUT2D eigenvalue weighted by molar-refractivity contribution is 5.79. The maximum atomic E-state index is 12.1. The Kier molecular flexibility index (Phi) is 3.05. The molecule has 1 saturated heterocycles. The molecule has 0 bridgehead atoms. The van der Waals surface area contributed by atoms with Crippen LogP contribution in [-0.2, 0) is 11.2 Å². The molecular formula is C19H21N2O+. The predicted octanol–water partition coefficient (Wildman–Crippen LogP) is 3.44. The molecule has 0 atom stereocenters. The van der Waals surface area contributed by atoms with Gasteiger partial charge >= 0.3 is 0 Å². The van der Waals surface area contributed by atoms with Crippen molar-refractivity contribution in [2.24, 2.45) is 0 Å². The standard InChI is InChI=1S/C19H21N2O/c1-21(14-20-12-6-11-19(20)22)17-9-4-2-7-15(17)13-16-8-3-5-10-18(16)21/h2-5,7-10H,6,11-14H2,1H3/q+1. The van der Waals surface area contributed by atoms with E-state index in [1.807, 2.05) is 4.90 Å². The average Bonchev–Trinajstić information content (AvgIpc) is 2.93. The number of likely N-dealkylation sites (tertiary alicyclic amines) is 1. The average molecular weight is 293 g/mol. The van der Waals surface area contributed by atoms with E-state index in [9.17, 15) is 4.79 Å². The van der Waals surface area contributed by atoms with E-state index >= 15 is 0 Å². The Bertz CT molecular complexity index is 692. The van der Waals surface area contributed by atoms with Crippen molar-refractivity contribution in [3.8, 4) is 0 Å². The first-order chi connectivity index (χ1) is 10.7. The van der Waals surface area contributed by atoms with Crippen LogP contribution in [0.4, 0.5) is 11.4 Å². The zero-order valence-corrected chi connectivity index (χ0v) is 13.0. The van der Waals surface area contributed by atoms with Gasteiger partial charge in [0.2, 0.25) is 5.91 Å². The Morgan fingerprint density at radius 2 is 1.59 bits per heavy atom. The third kappa shape index (κ3) is 1.97. The predicted molar refractivity (Wildman–Crippen MR) is 88.9 cm³/mol. The number of benzene rings is 2. The van der Waals surface area contributed by atoms with Crippen molar-refractivity contribution in [2.45, 2.75) is 19.3 Å². The fraction of sp³-hybridized carbons (Fsp3) is 0.316. The van der Waals surface area contributed by atoms with Crippen LogP contribution in [0.25, 0.3) is 0 Å². The van der Waals surface area contributed by atoms with Crippen molar-refractivity contribution < 1.29 is 4.79 Å². The number of nitrogens with zero attached hydrogens (tertiary/aromatic N) is 2. The zero-order chi connectivity index (χ0) is 15.2. The third-order valence-electron chi connectivity index (χ3n) is 5.05. The number of para-hydroxylation sites is 2. The van der Waals surface area contributed by atoms with Crippen molar-refractivity contribution in [2.75, 3.05) is 20.3 Å². The summed E-state index contributed by atoms with van der Waals surface area (Å²) in [6.07, 6.45) is 2.67. The van der Waals surface area contributed by atoms with Crippen molar-refractivity contribution in [1.29, 1.82) is 0 Å². The van der Waals surface area contributed by atoms with Crippen molar-refractivity contribution >= 4 is 17.3 Å². The van der Waals surface area contributed by atoms with E-state index in [1.54, 1.807) is 0 Å². The Labute approximate surface area is 131 Å². The number of hydrogen-bond donors (Lipinski definition) is 0. The van der Waals surface area contributed by atoms with Gasteiger partial charge in [-0.2, -0.15) is 0 Å². The summed E-state index contributed by atoms with van der Waals surface area (Å²) in [7, 11) is 2.24. The molecule has 22 heavy (non-hydrogen) atoms. The normalized spacial score (nSPS) is 19.0. The maximum Gasteiger partial charge on any atom is 0.226 e. The van der Waals surface area contributed by atoms with Crippen LogP contribution in [0, 0.1) is 0 Å². The Morgan fingerprint density at radius 3 is 2.14 bits per heavy atom. The number of rotatable bonds is 2. The van der Waals surface area contributed by atoms with Gasteiger partial charge in [0.1, 0.15) is 11.4 Å². The second-order valence-corrected chi connectivity index (χ2v) is 6.53. The Balaban J connectivity index is 1.84. The third-order valence-corrected chi connectivity index (χ3v) is 5.05. The van der Waals surface area contributed by atoms with Crippen LogP contribution in [0.3, 0.4) is 0 Å². The lowest BCUT2D eigenvalue weighted by Gasteiger charge is -2.41. The monoisotopic (exact) mass is 293 g/mol. The van der Waals surface area contributed by atoms with Gasteiger partial charge < -0.3 is 0 Å². The molecule has 0 radical (unpaired) electrons. The summed E-state index contributed by atoms with van der Waals surface area (Å²) in [5, 5.41) is 0. The summed E-state index contributed by atoms with van der Waals surface area (Å²) in [6, 6.07) is 17.3. The van der Waals surface area contributed by atoms with E-state index in [2.05, 4.69) is 55.6 Å². The topological polar surface area (TPSA) is 20.3 Å². The summed E-state index contributed by atoms with van der Waals surface area (Å²) in [5.74, 6) is 0.292. The molecule has 0 unspecified atom stereocenters. The van der Waals surface area contributed by atoms with E-state index in [-0.39, 0.29) is 0 Å². The highest BCUT2D eigenvalue weighted by Crippen LogP contribution is 2.43. The molecule has 2 heterocycles. The van der Waals surface area contributed by atoms with Crippen molar-refractivity contribution in [1.82, 2.24) is 9.38 Å². The van der Waals surface area contributed by atoms with Gasteiger partial charge in [-0.1, -0.05) is 36.4 Å². The second-order valence-electron chi connectivity index (χ2n) is 6.53. The Hall–Kier alpha value is -2.13. The first-order valence-electron chi connectivity index (χ1n) is 7.99. The van der Waals surface area contributed by atoms with E-state index < -0.39 is 0 Å². The molecule has 4 rings (SSSR count). The molecule has 1 fully saturated rings. The number of carbonyl (C=O) groups is 1. The molecule has 2 aliphatic rings. The van der Waals surface area contributed by atoms with Gasteiger partial charge in [0.15, 0.2) is 6.67 Å². The lowest BCUT2D eigenvalue weighted by Crippen LogP contribution is -2.51. The molecule has 0 spiro atoms. The molecule has 2 aliphatic heterocycles. The maximum absolute atomic E-state index is 12.1. The van der Waals surface area contributed by atoms with E-state index in [0.717, 1.165) is 26.1 Å². The lowest BCUT2D eigenvalue weighted by atomic mass is 9.94. The molecular weight excluding hydrogens is 272 g/mol. The highest BCUT2D eigenvalue weighted by Gasteiger charge is 2.39. The highest BCUT2D eigenvalue weighted by atomic mass is 16.2. The van der Waals surface area contributed by atoms with E-state index in [0.29, 0.717) is 16.8 Å². The number of hydrogen-bond acceptors (Lipinski definition) is 1. The van der Waals surface area contributed by atoms with Gasteiger partial charge in [0.05, 0.1) is 7.05 Å². The minimum Gasteiger partial charge on any atom is -0.295 e. The van der Waals surface area contributed by atoms with Gasteiger partial charge in [-0.05, 0) is 18.6 Å². The van der Waals surface area contributed by atoms with Gasteiger partial charge in [0, 0.05) is 30.5 Å². The van der Waals surface area contributed by atoms with Crippen LogP contribution in [0.2, 0.25) is 0 Å². The number of quaternary nitrogens is 1. The minimum absolute atomic E-state index is 0.292. The summed E-state index contributed by atoms with van der Waals surface area (Å²) in [5.41, 5.74) is 5.38. The SMILES string of the molecule is C[N+]1(CN2CCCC2=O)c2ccccc2Cc2ccccc21. The van der Waals surface area contributed by atoms with E-state index in [4.69, 9.17) is 0 Å². The quantitative estimate of drug-likeness (QED) is 0.777. The van der Waals surface area contributed by atoms with Crippen LogP contribution < -0.4 is 4.48 Å². The summed E-state index contributed by atoms with van der Waals surface area (Å²) in [6.45, 7) is 1.61. The summed E-state index contributed by atoms with van der Waals surface area (Å²) < 4.78 is 0.693. The fourth-order valence-corrected chi connectivity index (χ4v) is 3.97. The van der Waals surface area contributed by atoms with Crippen molar-refractivity contribution in [3.05, 3.63) is 59.7 Å². The molecule has 0 aromatic heterocycles. The fourth-order valence-electron chi connectivity index (χ4n) is 3.97. The van der Waals surface area contributed by atoms with Gasteiger partial charge in [0.25, 0.3) is 0 Å². The van der Waals surface area contributed by atoms with Crippen LogP contribution >= 0.6 is 0 Å². The molecule has 1 amide bonds. The number of fused-ring (bicyclic) bond motifs is 2. The summed E-state index contributed by atoms with van der Waals surface area (Å²) >= 11 is 0. The first kappa shape index (κ1) is 13.5.